The number of rotatable bonds is 5. The fraction of sp³-hybridized carbons (Fsp3) is 0.154. The molecule has 0 aliphatic heterocycles. The van der Waals surface area contributed by atoms with Gasteiger partial charge in [0.1, 0.15) is 24.0 Å². The number of furan rings is 1. The minimum absolute atomic E-state index is 0.0548. The largest absolute Gasteiger partial charge is 0.492 e. The molecule has 1 unspecified atom stereocenters. The molecule has 2 rings (SSSR count). The van der Waals surface area contributed by atoms with Crippen molar-refractivity contribution >= 4 is 29.2 Å². The predicted octanol–water partition coefficient (Wildman–Crippen LogP) is 3.83. The van der Waals surface area contributed by atoms with Crippen LogP contribution in [-0.4, -0.2) is 17.7 Å². The Morgan fingerprint density at radius 3 is 2.42 bits per heavy atom. The van der Waals surface area contributed by atoms with E-state index in [2.05, 4.69) is 0 Å². The van der Waals surface area contributed by atoms with Gasteiger partial charge in [-0.05, 0) is 48.0 Å². The maximum Gasteiger partial charge on any atom is 0.317 e. The van der Waals surface area contributed by atoms with Crippen molar-refractivity contribution < 1.29 is 19.1 Å². The highest BCUT2D eigenvalue weighted by atomic mass is 35.5. The van der Waals surface area contributed by atoms with Crippen molar-refractivity contribution in [2.24, 2.45) is 0 Å². The van der Waals surface area contributed by atoms with E-state index in [0.29, 0.717) is 10.8 Å². The van der Waals surface area contributed by atoms with Gasteiger partial charge in [-0.25, -0.2) is 0 Å². The Kier molecular flexibility index (Phi) is 4.35. The van der Waals surface area contributed by atoms with Crippen LogP contribution >= 0.6 is 23.2 Å². The highest BCUT2D eigenvalue weighted by molar-refractivity contribution is 6.30. The molecule has 0 saturated heterocycles. The van der Waals surface area contributed by atoms with Gasteiger partial charge in [0, 0.05) is 5.02 Å². The van der Waals surface area contributed by atoms with E-state index in [1.807, 2.05) is 0 Å². The maximum absolute atomic E-state index is 11.2. The molecule has 0 aliphatic rings. The molecule has 2 aromatic rings. The minimum Gasteiger partial charge on any atom is -0.492 e. The first kappa shape index (κ1) is 13.8. The molecule has 0 spiro atoms. The summed E-state index contributed by atoms with van der Waals surface area (Å²) in [5.41, 5.74) is 0. The molecule has 0 amide bonds. The Bertz CT molecular complexity index is 562. The zero-order valence-corrected chi connectivity index (χ0v) is 11.2. The van der Waals surface area contributed by atoms with Crippen molar-refractivity contribution in [1.29, 1.82) is 0 Å². The average molecular weight is 301 g/mol. The molecule has 0 fully saturated rings. The summed E-state index contributed by atoms with van der Waals surface area (Å²) in [6.07, 6.45) is 0. The van der Waals surface area contributed by atoms with E-state index >= 15 is 0 Å². The van der Waals surface area contributed by atoms with Gasteiger partial charge in [-0.15, -0.1) is 0 Å². The quantitative estimate of drug-likeness (QED) is 0.911. The highest BCUT2D eigenvalue weighted by Gasteiger charge is 2.24. The van der Waals surface area contributed by atoms with Crippen LogP contribution in [0.25, 0.3) is 0 Å². The van der Waals surface area contributed by atoms with Gasteiger partial charge in [0.05, 0.1) is 0 Å². The molecule has 6 heteroatoms. The zero-order chi connectivity index (χ0) is 13.8. The van der Waals surface area contributed by atoms with E-state index in [4.69, 9.17) is 37.5 Å². The van der Waals surface area contributed by atoms with Crippen LogP contribution < -0.4 is 4.74 Å². The number of halogens is 2. The number of ether oxygens (including phenoxy) is 1. The first-order chi connectivity index (χ1) is 9.06. The second-order valence-electron chi connectivity index (χ2n) is 3.80. The van der Waals surface area contributed by atoms with Gasteiger partial charge in [0.25, 0.3) is 0 Å². The molecular formula is C13H10Cl2O4. The van der Waals surface area contributed by atoms with Crippen LogP contribution in [0.1, 0.15) is 11.7 Å². The van der Waals surface area contributed by atoms with E-state index in [9.17, 15) is 4.79 Å². The van der Waals surface area contributed by atoms with Crippen molar-refractivity contribution in [2.45, 2.75) is 5.92 Å². The molecule has 0 saturated carbocycles. The third-order valence-electron chi connectivity index (χ3n) is 2.47. The van der Waals surface area contributed by atoms with Crippen molar-refractivity contribution in [1.82, 2.24) is 0 Å². The summed E-state index contributed by atoms with van der Waals surface area (Å²) in [5.74, 6) is -1.16. The number of aliphatic carboxylic acids is 1. The molecule has 0 radical (unpaired) electrons. The van der Waals surface area contributed by atoms with Gasteiger partial charge in [-0.2, -0.15) is 0 Å². The van der Waals surface area contributed by atoms with E-state index in [0.717, 1.165) is 0 Å². The molecule has 1 aromatic heterocycles. The second kappa shape index (κ2) is 5.99. The monoisotopic (exact) mass is 300 g/mol. The van der Waals surface area contributed by atoms with E-state index < -0.39 is 11.9 Å². The zero-order valence-electron chi connectivity index (χ0n) is 9.68. The summed E-state index contributed by atoms with van der Waals surface area (Å²) >= 11 is 11.4. The van der Waals surface area contributed by atoms with Crippen molar-refractivity contribution in [2.75, 3.05) is 6.61 Å². The number of hydrogen-bond acceptors (Lipinski definition) is 3. The second-order valence-corrected chi connectivity index (χ2v) is 4.61. The standard InChI is InChI=1S/C13H10Cl2O4/c14-8-1-3-9(4-2-8)18-7-10(13(16)17)11-5-6-12(15)19-11/h1-6,10H,7H2,(H,16,17). The molecule has 4 nitrogen and oxygen atoms in total. The normalized spacial score (nSPS) is 12.1. The molecule has 100 valence electrons. The molecule has 1 heterocycles. The Morgan fingerprint density at radius 1 is 1.21 bits per heavy atom. The predicted molar refractivity (Wildman–Crippen MR) is 71.0 cm³/mol. The van der Waals surface area contributed by atoms with Crippen LogP contribution in [0.15, 0.2) is 40.8 Å². The Labute approximate surface area is 119 Å². The van der Waals surface area contributed by atoms with Gasteiger partial charge >= 0.3 is 5.97 Å². The molecule has 19 heavy (non-hydrogen) atoms. The summed E-state index contributed by atoms with van der Waals surface area (Å²) in [4.78, 5) is 11.2. The average Bonchev–Trinajstić information content (AvgIpc) is 2.78. The first-order valence-corrected chi connectivity index (χ1v) is 6.18. The lowest BCUT2D eigenvalue weighted by Crippen LogP contribution is -2.18. The third-order valence-corrected chi connectivity index (χ3v) is 2.92. The minimum atomic E-state index is -1.04. The fourth-order valence-electron chi connectivity index (χ4n) is 1.50. The number of carbonyl (C=O) groups is 1. The lowest BCUT2D eigenvalue weighted by molar-refractivity contribution is -0.140. The highest BCUT2D eigenvalue weighted by Crippen LogP contribution is 2.24. The van der Waals surface area contributed by atoms with Gasteiger partial charge in [0.2, 0.25) is 0 Å². The number of carboxylic acids is 1. The lowest BCUT2D eigenvalue weighted by atomic mass is 10.1. The van der Waals surface area contributed by atoms with Crippen molar-refractivity contribution in [3.63, 3.8) is 0 Å². The van der Waals surface area contributed by atoms with Gasteiger partial charge < -0.3 is 14.3 Å². The van der Waals surface area contributed by atoms with E-state index in [1.165, 1.54) is 12.1 Å². The number of hydrogen-bond donors (Lipinski definition) is 1. The summed E-state index contributed by atoms with van der Waals surface area (Å²) in [5, 5.41) is 9.88. The maximum atomic E-state index is 11.2. The van der Waals surface area contributed by atoms with Crippen molar-refractivity contribution in [3.8, 4) is 5.75 Å². The fourth-order valence-corrected chi connectivity index (χ4v) is 1.78. The SMILES string of the molecule is O=C(O)C(COc1ccc(Cl)cc1)c1ccc(Cl)o1. The topological polar surface area (TPSA) is 59.7 Å². The molecular weight excluding hydrogens is 291 g/mol. The summed E-state index contributed by atoms with van der Waals surface area (Å²) in [6, 6.07) is 9.67. The summed E-state index contributed by atoms with van der Waals surface area (Å²) in [6.45, 7) is -0.0548. The molecule has 1 N–H and O–H groups in total. The van der Waals surface area contributed by atoms with E-state index in [-0.39, 0.29) is 17.6 Å². The summed E-state index contributed by atoms with van der Waals surface area (Å²) in [7, 11) is 0. The van der Waals surface area contributed by atoms with Crippen LogP contribution in [0.2, 0.25) is 10.2 Å². The molecule has 1 atom stereocenters. The van der Waals surface area contributed by atoms with Crippen molar-refractivity contribution in [3.05, 3.63) is 52.4 Å². The Morgan fingerprint density at radius 2 is 1.89 bits per heavy atom. The van der Waals surface area contributed by atoms with Gasteiger partial charge in [0.15, 0.2) is 5.22 Å². The van der Waals surface area contributed by atoms with Gasteiger partial charge in [-0.3, -0.25) is 4.79 Å². The van der Waals surface area contributed by atoms with Crippen LogP contribution in [0, 0.1) is 0 Å². The van der Waals surface area contributed by atoms with Crippen LogP contribution in [0.3, 0.4) is 0 Å². The third kappa shape index (κ3) is 3.66. The van der Waals surface area contributed by atoms with Crippen LogP contribution in [-0.2, 0) is 4.79 Å². The number of carboxylic acid groups (broad SMARTS) is 1. The van der Waals surface area contributed by atoms with Crippen LogP contribution in [0.4, 0.5) is 0 Å². The smallest absolute Gasteiger partial charge is 0.317 e. The number of benzene rings is 1. The summed E-state index contributed by atoms with van der Waals surface area (Å²) < 4.78 is 10.5. The lowest BCUT2D eigenvalue weighted by Gasteiger charge is -2.11. The first-order valence-electron chi connectivity index (χ1n) is 5.42. The van der Waals surface area contributed by atoms with E-state index in [1.54, 1.807) is 24.3 Å². The van der Waals surface area contributed by atoms with Crippen LogP contribution in [0.5, 0.6) is 5.75 Å². The van der Waals surface area contributed by atoms with Gasteiger partial charge in [-0.1, -0.05) is 11.6 Å². The molecule has 0 bridgehead atoms. The molecule has 0 aliphatic carbocycles. The Balaban J connectivity index is 2.06. The molecule has 1 aromatic carbocycles. The Hall–Kier alpha value is -1.65.